The minimum absolute atomic E-state index is 0.176. The number of alkyl halides is 1. The van der Waals surface area contributed by atoms with Crippen LogP contribution in [0.15, 0.2) is 30.3 Å². The predicted octanol–water partition coefficient (Wildman–Crippen LogP) is 2.00. The Balaban J connectivity index is 2.20. The first-order valence-electron chi connectivity index (χ1n) is 4.19. The Morgan fingerprint density at radius 3 is 2.62 bits per heavy atom. The Morgan fingerprint density at radius 2 is 2.00 bits per heavy atom. The molecule has 0 fully saturated rings. The van der Waals surface area contributed by atoms with E-state index in [9.17, 15) is 0 Å². The average Bonchev–Trinajstić information content (AvgIpc) is 2.19. The van der Waals surface area contributed by atoms with Crippen LogP contribution >= 0.6 is 22.6 Å². The van der Waals surface area contributed by atoms with Crippen LogP contribution in [0.2, 0.25) is 0 Å². The highest BCUT2D eigenvalue weighted by Crippen LogP contribution is 2.04. The Bertz CT molecular complexity index is 226. The summed E-state index contributed by atoms with van der Waals surface area (Å²) in [6.07, 6.45) is 0. The molecule has 1 aromatic rings. The average molecular weight is 292 g/mol. The van der Waals surface area contributed by atoms with Crippen LogP contribution in [-0.2, 0) is 11.3 Å². The fraction of sp³-hybridized carbons (Fsp3) is 0.400. The molecule has 0 aliphatic heterocycles. The third-order valence-electron chi connectivity index (χ3n) is 1.61. The minimum Gasteiger partial charge on any atom is -0.395 e. The lowest BCUT2D eigenvalue weighted by Crippen LogP contribution is -2.12. The van der Waals surface area contributed by atoms with Gasteiger partial charge in [-0.2, -0.15) is 0 Å². The molecule has 0 saturated heterocycles. The predicted molar refractivity (Wildman–Crippen MR) is 61.0 cm³/mol. The van der Waals surface area contributed by atoms with E-state index in [2.05, 4.69) is 22.6 Å². The maximum atomic E-state index is 8.74. The second-order valence-electron chi connectivity index (χ2n) is 2.78. The van der Waals surface area contributed by atoms with Gasteiger partial charge in [-0.15, -0.1) is 0 Å². The van der Waals surface area contributed by atoms with Crippen LogP contribution in [0.4, 0.5) is 0 Å². The molecule has 0 amide bonds. The van der Waals surface area contributed by atoms with Gasteiger partial charge in [0, 0.05) is 0 Å². The topological polar surface area (TPSA) is 29.5 Å². The zero-order valence-electron chi connectivity index (χ0n) is 7.32. The van der Waals surface area contributed by atoms with Crippen molar-refractivity contribution in [2.75, 3.05) is 13.2 Å². The molecule has 0 aromatic heterocycles. The molecule has 13 heavy (non-hydrogen) atoms. The molecular weight excluding hydrogens is 279 g/mol. The molecule has 72 valence electrons. The summed E-state index contributed by atoms with van der Waals surface area (Å²) in [5, 5.41) is 8.74. The van der Waals surface area contributed by atoms with Crippen molar-refractivity contribution < 1.29 is 9.84 Å². The van der Waals surface area contributed by atoms with E-state index in [0.29, 0.717) is 13.2 Å². The van der Waals surface area contributed by atoms with Crippen LogP contribution in [0.1, 0.15) is 5.56 Å². The van der Waals surface area contributed by atoms with E-state index in [1.54, 1.807) is 0 Å². The summed E-state index contributed by atoms with van der Waals surface area (Å²) >= 11 is 2.17. The molecular formula is C10H13IO2. The van der Waals surface area contributed by atoms with E-state index in [0.717, 1.165) is 0 Å². The van der Waals surface area contributed by atoms with E-state index < -0.39 is 0 Å². The highest BCUT2D eigenvalue weighted by molar-refractivity contribution is 14.1. The van der Waals surface area contributed by atoms with Crippen molar-refractivity contribution in [2.45, 2.75) is 10.5 Å². The molecule has 1 atom stereocenters. The Labute approximate surface area is 92.1 Å². The van der Waals surface area contributed by atoms with Gasteiger partial charge in [0.05, 0.1) is 23.7 Å². The van der Waals surface area contributed by atoms with Gasteiger partial charge in [0.1, 0.15) is 0 Å². The highest BCUT2D eigenvalue weighted by atomic mass is 127. The number of hydrogen-bond acceptors (Lipinski definition) is 2. The van der Waals surface area contributed by atoms with Crippen molar-refractivity contribution >= 4 is 22.6 Å². The standard InChI is InChI=1S/C10H13IO2/c11-10(6-12)8-13-7-9-4-2-1-3-5-9/h1-5,10,12H,6-8H2. The molecule has 0 aliphatic rings. The van der Waals surface area contributed by atoms with Crippen LogP contribution in [0.3, 0.4) is 0 Å². The smallest absolute Gasteiger partial charge is 0.0717 e. The summed E-state index contributed by atoms with van der Waals surface area (Å²) in [6.45, 7) is 1.40. The van der Waals surface area contributed by atoms with Crippen LogP contribution < -0.4 is 0 Å². The number of halogens is 1. The van der Waals surface area contributed by atoms with Gasteiger partial charge in [0.2, 0.25) is 0 Å². The number of hydrogen-bond donors (Lipinski definition) is 1. The Kier molecular flexibility index (Phi) is 5.34. The summed E-state index contributed by atoms with van der Waals surface area (Å²) < 4.78 is 5.60. The molecule has 0 heterocycles. The van der Waals surface area contributed by atoms with Gasteiger partial charge in [-0.25, -0.2) is 0 Å². The molecule has 0 spiro atoms. The van der Waals surface area contributed by atoms with Crippen molar-refractivity contribution in [1.82, 2.24) is 0 Å². The number of ether oxygens (including phenoxy) is 1. The molecule has 0 bridgehead atoms. The molecule has 0 saturated carbocycles. The van der Waals surface area contributed by atoms with E-state index >= 15 is 0 Å². The van der Waals surface area contributed by atoms with Gasteiger partial charge in [-0.1, -0.05) is 52.9 Å². The van der Waals surface area contributed by atoms with E-state index in [1.807, 2.05) is 30.3 Å². The molecule has 3 heteroatoms. The van der Waals surface area contributed by atoms with Gasteiger partial charge < -0.3 is 9.84 Å². The lowest BCUT2D eigenvalue weighted by Gasteiger charge is -2.07. The van der Waals surface area contributed by atoms with E-state index in [4.69, 9.17) is 9.84 Å². The summed E-state index contributed by atoms with van der Waals surface area (Å²) in [6, 6.07) is 10.0. The lowest BCUT2D eigenvalue weighted by atomic mass is 10.2. The van der Waals surface area contributed by atoms with Crippen molar-refractivity contribution in [2.24, 2.45) is 0 Å². The fourth-order valence-electron chi connectivity index (χ4n) is 0.932. The first kappa shape index (κ1) is 10.9. The summed E-state index contributed by atoms with van der Waals surface area (Å²) in [5.74, 6) is 0. The summed E-state index contributed by atoms with van der Waals surface area (Å²) in [5.41, 5.74) is 1.17. The van der Waals surface area contributed by atoms with E-state index in [-0.39, 0.29) is 10.5 Å². The van der Waals surface area contributed by atoms with Crippen LogP contribution in [0.25, 0.3) is 0 Å². The number of aliphatic hydroxyl groups is 1. The van der Waals surface area contributed by atoms with Crippen LogP contribution in [-0.4, -0.2) is 22.2 Å². The lowest BCUT2D eigenvalue weighted by molar-refractivity contribution is 0.112. The molecule has 0 radical (unpaired) electrons. The molecule has 1 N–H and O–H groups in total. The van der Waals surface area contributed by atoms with Crippen LogP contribution in [0.5, 0.6) is 0 Å². The molecule has 1 aromatic carbocycles. The number of benzene rings is 1. The zero-order valence-corrected chi connectivity index (χ0v) is 9.48. The second kappa shape index (κ2) is 6.34. The first-order valence-corrected chi connectivity index (χ1v) is 5.44. The fourth-order valence-corrected chi connectivity index (χ4v) is 1.19. The van der Waals surface area contributed by atoms with Gasteiger partial charge in [0.15, 0.2) is 0 Å². The van der Waals surface area contributed by atoms with Crippen molar-refractivity contribution in [3.8, 4) is 0 Å². The quantitative estimate of drug-likeness (QED) is 0.664. The highest BCUT2D eigenvalue weighted by Gasteiger charge is 2.00. The van der Waals surface area contributed by atoms with Gasteiger partial charge >= 0.3 is 0 Å². The van der Waals surface area contributed by atoms with Crippen molar-refractivity contribution in [1.29, 1.82) is 0 Å². The molecule has 1 unspecified atom stereocenters. The van der Waals surface area contributed by atoms with Crippen molar-refractivity contribution in [3.05, 3.63) is 35.9 Å². The normalized spacial score (nSPS) is 12.8. The van der Waals surface area contributed by atoms with Gasteiger partial charge in [-0.05, 0) is 5.56 Å². The third kappa shape index (κ3) is 4.59. The molecule has 2 nitrogen and oxygen atoms in total. The SMILES string of the molecule is OCC(I)COCc1ccccc1. The third-order valence-corrected chi connectivity index (χ3v) is 2.36. The molecule has 0 aliphatic carbocycles. The number of aliphatic hydroxyl groups excluding tert-OH is 1. The minimum atomic E-state index is 0.176. The second-order valence-corrected chi connectivity index (χ2v) is 4.54. The summed E-state index contributed by atoms with van der Waals surface area (Å²) in [4.78, 5) is 0. The zero-order chi connectivity index (χ0) is 9.52. The monoisotopic (exact) mass is 292 g/mol. The first-order chi connectivity index (χ1) is 6.33. The van der Waals surface area contributed by atoms with E-state index in [1.165, 1.54) is 5.56 Å². The maximum Gasteiger partial charge on any atom is 0.0717 e. The van der Waals surface area contributed by atoms with Gasteiger partial charge in [-0.3, -0.25) is 0 Å². The van der Waals surface area contributed by atoms with Crippen molar-refractivity contribution in [3.63, 3.8) is 0 Å². The summed E-state index contributed by atoms with van der Waals surface area (Å²) in [7, 11) is 0. The largest absolute Gasteiger partial charge is 0.395 e. The van der Waals surface area contributed by atoms with Gasteiger partial charge in [0.25, 0.3) is 0 Å². The van der Waals surface area contributed by atoms with Crippen LogP contribution in [0, 0.1) is 0 Å². The number of rotatable bonds is 5. The Hall–Kier alpha value is -0.130. The molecule has 1 rings (SSSR count). The Morgan fingerprint density at radius 1 is 1.31 bits per heavy atom. The maximum absolute atomic E-state index is 8.74.